The standard InChI is InChI=1S/C8H11F3N4O2S/c1-18(16,17)3-2-13-6-4-5(8(9,10)11)14-7(12)15-6/h4H,2-3H2,1H3,(H3,12,13,14,15). The van der Waals surface area contributed by atoms with Gasteiger partial charge in [-0.1, -0.05) is 0 Å². The van der Waals surface area contributed by atoms with Gasteiger partial charge in [-0.3, -0.25) is 0 Å². The lowest BCUT2D eigenvalue weighted by atomic mass is 10.4. The molecule has 1 aromatic rings. The highest BCUT2D eigenvalue weighted by Crippen LogP contribution is 2.29. The Kier molecular flexibility index (Phi) is 3.99. The van der Waals surface area contributed by atoms with Gasteiger partial charge in [0, 0.05) is 18.9 Å². The minimum atomic E-state index is -4.63. The molecular weight excluding hydrogens is 273 g/mol. The molecule has 0 aromatic carbocycles. The van der Waals surface area contributed by atoms with E-state index in [-0.39, 0.29) is 18.1 Å². The van der Waals surface area contributed by atoms with Crippen LogP contribution in [0.25, 0.3) is 0 Å². The smallest absolute Gasteiger partial charge is 0.369 e. The molecule has 3 N–H and O–H groups in total. The SMILES string of the molecule is CS(=O)(=O)CCNc1cc(C(F)(F)F)nc(N)n1. The summed E-state index contributed by atoms with van der Waals surface area (Å²) in [5.74, 6) is -0.928. The molecule has 0 aliphatic rings. The van der Waals surface area contributed by atoms with Crippen molar-refractivity contribution in [2.24, 2.45) is 0 Å². The van der Waals surface area contributed by atoms with Crippen molar-refractivity contribution in [1.29, 1.82) is 0 Å². The molecule has 0 bridgehead atoms. The fraction of sp³-hybridized carbons (Fsp3) is 0.500. The van der Waals surface area contributed by atoms with Crippen molar-refractivity contribution in [2.45, 2.75) is 6.18 Å². The van der Waals surface area contributed by atoms with Gasteiger partial charge < -0.3 is 11.1 Å². The van der Waals surface area contributed by atoms with Gasteiger partial charge in [0.2, 0.25) is 5.95 Å². The Hall–Kier alpha value is -1.58. The number of alkyl halides is 3. The van der Waals surface area contributed by atoms with Crippen LogP contribution < -0.4 is 11.1 Å². The maximum absolute atomic E-state index is 12.4. The van der Waals surface area contributed by atoms with Gasteiger partial charge in [0.15, 0.2) is 5.69 Å². The largest absolute Gasteiger partial charge is 0.433 e. The number of anilines is 2. The number of nitrogens with zero attached hydrogens (tertiary/aromatic N) is 2. The highest BCUT2D eigenvalue weighted by molar-refractivity contribution is 7.90. The highest BCUT2D eigenvalue weighted by atomic mass is 32.2. The summed E-state index contributed by atoms with van der Waals surface area (Å²) in [6, 6.07) is 0.665. The molecule has 18 heavy (non-hydrogen) atoms. The van der Waals surface area contributed by atoms with Crippen molar-refractivity contribution in [3.63, 3.8) is 0 Å². The first kappa shape index (κ1) is 14.5. The van der Waals surface area contributed by atoms with Crippen molar-refractivity contribution in [3.8, 4) is 0 Å². The van der Waals surface area contributed by atoms with Crippen molar-refractivity contribution in [2.75, 3.05) is 29.6 Å². The van der Waals surface area contributed by atoms with E-state index in [1.807, 2.05) is 0 Å². The molecule has 0 aliphatic carbocycles. The third-order valence-electron chi connectivity index (χ3n) is 1.81. The average molecular weight is 284 g/mol. The number of nitrogen functional groups attached to an aromatic ring is 1. The Morgan fingerprint density at radius 3 is 2.50 bits per heavy atom. The van der Waals surface area contributed by atoms with Crippen LogP contribution in [0.4, 0.5) is 24.9 Å². The van der Waals surface area contributed by atoms with E-state index in [1.54, 1.807) is 0 Å². The van der Waals surface area contributed by atoms with Gasteiger partial charge >= 0.3 is 6.18 Å². The Morgan fingerprint density at radius 1 is 1.39 bits per heavy atom. The molecule has 0 aliphatic heterocycles. The van der Waals surface area contributed by atoms with Gasteiger partial charge in [0.25, 0.3) is 0 Å². The molecule has 1 heterocycles. The molecule has 102 valence electrons. The molecule has 10 heteroatoms. The lowest BCUT2D eigenvalue weighted by Crippen LogP contribution is -2.17. The van der Waals surface area contributed by atoms with E-state index >= 15 is 0 Å². The molecule has 0 amide bonds. The van der Waals surface area contributed by atoms with Crippen LogP contribution in [0.3, 0.4) is 0 Å². The summed E-state index contributed by atoms with van der Waals surface area (Å²) in [6.07, 6.45) is -3.62. The van der Waals surface area contributed by atoms with E-state index in [0.717, 1.165) is 6.26 Å². The number of hydrogen-bond donors (Lipinski definition) is 2. The van der Waals surface area contributed by atoms with Crippen LogP contribution in [0.15, 0.2) is 6.07 Å². The monoisotopic (exact) mass is 284 g/mol. The fourth-order valence-corrected chi connectivity index (χ4v) is 1.54. The summed E-state index contributed by atoms with van der Waals surface area (Å²) >= 11 is 0. The van der Waals surface area contributed by atoms with Crippen LogP contribution in [-0.4, -0.2) is 36.9 Å². The summed E-state index contributed by atoms with van der Waals surface area (Å²) < 4.78 is 58.8. The zero-order valence-corrected chi connectivity index (χ0v) is 10.1. The first-order valence-electron chi connectivity index (χ1n) is 4.71. The number of nitrogens with two attached hydrogens (primary N) is 1. The summed E-state index contributed by atoms with van der Waals surface area (Å²) in [7, 11) is -3.20. The summed E-state index contributed by atoms with van der Waals surface area (Å²) in [4.78, 5) is 6.57. The molecule has 0 saturated carbocycles. The van der Waals surface area contributed by atoms with Crippen molar-refractivity contribution in [3.05, 3.63) is 11.8 Å². The Morgan fingerprint density at radius 2 is 2.00 bits per heavy atom. The maximum Gasteiger partial charge on any atom is 0.433 e. The molecule has 0 unspecified atom stereocenters. The quantitative estimate of drug-likeness (QED) is 0.837. The first-order chi connectivity index (χ1) is 8.08. The number of aromatic nitrogens is 2. The first-order valence-corrected chi connectivity index (χ1v) is 6.77. The normalized spacial score (nSPS) is 12.4. The zero-order chi connectivity index (χ0) is 14.0. The molecule has 0 saturated heterocycles. The van der Waals surface area contributed by atoms with E-state index < -0.39 is 27.7 Å². The van der Waals surface area contributed by atoms with Gasteiger partial charge in [-0.25, -0.2) is 13.4 Å². The van der Waals surface area contributed by atoms with Crippen molar-refractivity contribution in [1.82, 2.24) is 9.97 Å². The summed E-state index contributed by atoms with van der Waals surface area (Å²) in [5, 5.41) is 2.44. The van der Waals surface area contributed by atoms with Crippen LogP contribution >= 0.6 is 0 Å². The minimum Gasteiger partial charge on any atom is -0.369 e. The van der Waals surface area contributed by atoms with E-state index in [9.17, 15) is 21.6 Å². The summed E-state index contributed by atoms with van der Waals surface area (Å²) in [5.41, 5.74) is 3.95. The fourth-order valence-electron chi connectivity index (χ4n) is 1.07. The average Bonchev–Trinajstić information content (AvgIpc) is 2.13. The lowest BCUT2D eigenvalue weighted by molar-refractivity contribution is -0.141. The van der Waals surface area contributed by atoms with Crippen LogP contribution in [0.2, 0.25) is 0 Å². The van der Waals surface area contributed by atoms with Gasteiger partial charge in [-0.05, 0) is 0 Å². The predicted octanol–water partition coefficient (Wildman–Crippen LogP) is 0.534. The molecule has 6 nitrogen and oxygen atoms in total. The molecule has 1 rings (SSSR count). The van der Waals surface area contributed by atoms with Crippen LogP contribution in [0.1, 0.15) is 5.69 Å². The Bertz CT molecular complexity index is 530. The van der Waals surface area contributed by atoms with Crippen molar-refractivity contribution >= 4 is 21.6 Å². The van der Waals surface area contributed by atoms with Crippen molar-refractivity contribution < 1.29 is 21.6 Å². The van der Waals surface area contributed by atoms with E-state index in [4.69, 9.17) is 5.73 Å². The second-order valence-corrected chi connectivity index (χ2v) is 5.81. The maximum atomic E-state index is 12.4. The van der Waals surface area contributed by atoms with Crippen LogP contribution in [0.5, 0.6) is 0 Å². The van der Waals surface area contributed by atoms with Crippen LogP contribution in [0, 0.1) is 0 Å². The third kappa shape index (κ3) is 4.73. The molecular formula is C8H11F3N4O2S. The number of sulfone groups is 1. The second-order valence-electron chi connectivity index (χ2n) is 3.55. The molecule has 0 spiro atoms. The van der Waals surface area contributed by atoms with E-state index in [2.05, 4.69) is 15.3 Å². The van der Waals surface area contributed by atoms with Gasteiger partial charge in [0.1, 0.15) is 15.7 Å². The Balaban J connectivity index is 2.81. The van der Waals surface area contributed by atoms with Gasteiger partial charge in [0.05, 0.1) is 5.75 Å². The number of halogens is 3. The minimum absolute atomic E-state index is 0.0629. The van der Waals surface area contributed by atoms with Gasteiger partial charge in [-0.2, -0.15) is 18.2 Å². The number of nitrogens with one attached hydrogen (secondary N) is 1. The molecule has 1 aromatic heterocycles. The third-order valence-corrected chi connectivity index (χ3v) is 2.76. The Labute approximate surface area is 101 Å². The molecule has 0 fully saturated rings. The highest BCUT2D eigenvalue weighted by Gasteiger charge is 2.33. The summed E-state index contributed by atoms with van der Waals surface area (Å²) in [6.45, 7) is -0.0629. The predicted molar refractivity (Wildman–Crippen MR) is 59.6 cm³/mol. The molecule has 0 atom stereocenters. The van der Waals surface area contributed by atoms with Crippen LogP contribution in [-0.2, 0) is 16.0 Å². The van der Waals surface area contributed by atoms with Gasteiger partial charge in [-0.15, -0.1) is 0 Å². The number of rotatable bonds is 4. The van der Waals surface area contributed by atoms with E-state index in [0.29, 0.717) is 6.07 Å². The number of hydrogen-bond acceptors (Lipinski definition) is 6. The molecule has 0 radical (unpaired) electrons. The lowest BCUT2D eigenvalue weighted by Gasteiger charge is -2.09. The topological polar surface area (TPSA) is 98.0 Å². The second kappa shape index (κ2) is 4.96. The van der Waals surface area contributed by atoms with E-state index in [1.165, 1.54) is 0 Å². The zero-order valence-electron chi connectivity index (χ0n) is 9.32.